The summed E-state index contributed by atoms with van der Waals surface area (Å²) in [6.45, 7) is 1.94. The molecular formula is C17H17NO. The number of nitrogens with two attached hydrogens (primary N) is 1. The maximum Gasteiger partial charge on any atom is 0.127 e. The zero-order valence-electron chi connectivity index (χ0n) is 10.9. The first-order valence-corrected chi connectivity index (χ1v) is 6.44. The fourth-order valence-electron chi connectivity index (χ4n) is 2.62. The summed E-state index contributed by atoms with van der Waals surface area (Å²) in [6.07, 6.45) is 5.59. The Bertz CT molecular complexity index is 686. The minimum Gasteiger partial charge on any atom is -0.379 e. The van der Waals surface area contributed by atoms with Gasteiger partial charge in [0.15, 0.2) is 0 Å². The van der Waals surface area contributed by atoms with Crippen molar-refractivity contribution < 1.29 is 5.11 Å². The summed E-state index contributed by atoms with van der Waals surface area (Å²) < 4.78 is 0. The summed E-state index contributed by atoms with van der Waals surface area (Å²) in [5, 5.41) is 13.2. The lowest BCUT2D eigenvalue weighted by molar-refractivity contribution is 0.0705. The molecule has 2 unspecified atom stereocenters. The van der Waals surface area contributed by atoms with Gasteiger partial charge in [-0.1, -0.05) is 54.1 Å². The topological polar surface area (TPSA) is 46.2 Å². The van der Waals surface area contributed by atoms with E-state index in [0.717, 1.165) is 21.9 Å². The van der Waals surface area contributed by atoms with Crippen LogP contribution in [-0.2, 0) is 5.60 Å². The van der Waals surface area contributed by atoms with Crippen LogP contribution in [0.1, 0.15) is 12.5 Å². The van der Waals surface area contributed by atoms with Crippen LogP contribution in [0.3, 0.4) is 0 Å². The average molecular weight is 251 g/mol. The van der Waals surface area contributed by atoms with Gasteiger partial charge in [0, 0.05) is 0 Å². The van der Waals surface area contributed by atoms with Crippen LogP contribution in [0.15, 0.2) is 66.3 Å². The van der Waals surface area contributed by atoms with Crippen molar-refractivity contribution in [2.75, 3.05) is 0 Å². The molecule has 0 radical (unpaired) electrons. The highest BCUT2D eigenvalue weighted by Gasteiger charge is 2.36. The number of rotatable bonds is 1. The molecule has 2 heteroatoms. The predicted molar refractivity (Wildman–Crippen MR) is 78.7 cm³/mol. The van der Waals surface area contributed by atoms with Crippen molar-refractivity contribution >= 4 is 10.8 Å². The minimum atomic E-state index is -1.12. The van der Waals surface area contributed by atoms with Gasteiger partial charge >= 0.3 is 0 Å². The van der Waals surface area contributed by atoms with E-state index in [9.17, 15) is 5.11 Å². The smallest absolute Gasteiger partial charge is 0.127 e. The second-order valence-electron chi connectivity index (χ2n) is 5.13. The Balaban J connectivity index is 2.14. The monoisotopic (exact) mass is 251 g/mol. The van der Waals surface area contributed by atoms with E-state index in [4.69, 9.17) is 5.73 Å². The Hall–Kier alpha value is -1.90. The largest absolute Gasteiger partial charge is 0.379 e. The maximum absolute atomic E-state index is 10.9. The third kappa shape index (κ3) is 1.89. The number of benzene rings is 2. The first kappa shape index (κ1) is 12.2. The molecule has 2 aromatic rings. The number of hydrogen-bond donors (Lipinski definition) is 2. The van der Waals surface area contributed by atoms with Crippen LogP contribution in [0.25, 0.3) is 10.8 Å². The number of hydrogen-bond acceptors (Lipinski definition) is 2. The van der Waals surface area contributed by atoms with Crippen LogP contribution in [0, 0.1) is 0 Å². The zero-order valence-corrected chi connectivity index (χ0v) is 10.9. The molecule has 0 fully saturated rings. The first-order valence-electron chi connectivity index (χ1n) is 6.44. The molecule has 0 saturated carbocycles. The van der Waals surface area contributed by atoms with Crippen molar-refractivity contribution in [3.05, 3.63) is 71.8 Å². The van der Waals surface area contributed by atoms with Gasteiger partial charge in [-0.3, -0.25) is 0 Å². The predicted octanol–water partition coefficient (Wildman–Crippen LogP) is 2.87. The van der Waals surface area contributed by atoms with Crippen LogP contribution in [-0.4, -0.2) is 11.1 Å². The summed E-state index contributed by atoms with van der Waals surface area (Å²) in [7, 11) is 0. The van der Waals surface area contributed by atoms with E-state index >= 15 is 0 Å². The number of allylic oxidation sites excluding steroid dienone is 2. The standard InChI is InChI=1S/C17H17NO/c1-12-5-4-10-17(19,16(12)18)15-9-8-13-6-2-3-7-14(13)11-15/h2-11,16,19H,18H2,1H3. The first-order chi connectivity index (χ1) is 9.11. The average Bonchev–Trinajstić information content (AvgIpc) is 2.44. The van der Waals surface area contributed by atoms with E-state index in [2.05, 4.69) is 6.07 Å². The molecule has 2 aromatic carbocycles. The van der Waals surface area contributed by atoms with Gasteiger partial charge in [0.05, 0.1) is 6.04 Å². The fourth-order valence-corrected chi connectivity index (χ4v) is 2.62. The number of fused-ring (bicyclic) bond motifs is 1. The minimum absolute atomic E-state index is 0.404. The van der Waals surface area contributed by atoms with Gasteiger partial charge in [-0.2, -0.15) is 0 Å². The van der Waals surface area contributed by atoms with E-state index < -0.39 is 11.6 Å². The summed E-state index contributed by atoms with van der Waals surface area (Å²) in [5.41, 5.74) is 6.86. The molecule has 0 amide bonds. The SMILES string of the molecule is CC1=CC=CC(O)(c2ccc3ccccc3c2)C1N. The van der Waals surface area contributed by atoms with Crippen molar-refractivity contribution in [1.82, 2.24) is 0 Å². The lowest BCUT2D eigenvalue weighted by Crippen LogP contribution is -2.46. The van der Waals surface area contributed by atoms with Gasteiger partial charge in [0.1, 0.15) is 5.60 Å². The van der Waals surface area contributed by atoms with Crippen molar-refractivity contribution in [3.63, 3.8) is 0 Å². The fraction of sp³-hybridized carbons (Fsp3) is 0.176. The van der Waals surface area contributed by atoms with Crippen LogP contribution >= 0.6 is 0 Å². The highest BCUT2D eigenvalue weighted by atomic mass is 16.3. The molecule has 3 rings (SSSR count). The molecule has 0 spiro atoms. The lowest BCUT2D eigenvalue weighted by atomic mass is 9.79. The summed E-state index contributed by atoms with van der Waals surface area (Å²) in [4.78, 5) is 0. The molecule has 2 nitrogen and oxygen atoms in total. The molecule has 0 heterocycles. The van der Waals surface area contributed by atoms with Gasteiger partial charge in [-0.25, -0.2) is 0 Å². The summed E-state index contributed by atoms with van der Waals surface area (Å²) in [5.74, 6) is 0. The number of aliphatic hydroxyl groups is 1. The normalized spacial score (nSPS) is 26.5. The molecule has 2 atom stereocenters. The second-order valence-corrected chi connectivity index (χ2v) is 5.13. The third-order valence-electron chi connectivity index (χ3n) is 3.89. The molecular weight excluding hydrogens is 234 g/mol. The highest BCUT2D eigenvalue weighted by molar-refractivity contribution is 5.83. The van der Waals surface area contributed by atoms with Crippen molar-refractivity contribution in [2.45, 2.75) is 18.6 Å². The Labute approximate surface area is 112 Å². The van der Waals surface area contributed by atoms with Gasteiger partial charge in [-0.05, 0) is 35.4 Å². The molecule has 1 aliphatic rings. The maximum atomic E-state index is 10.9. The second kappa shape index (κ2) is 4.34. The van der Waals surface area contributed by atoms with Crippen LogP contribution in [0.2, 0.25) is 0 Å². The van der Waals surface area contributed by atoms with Crippen molar-refractivity contribution in [2.24, 2.45) is 5.73 Å². The summed E-state index contributed by atoms with van der Waals surface area (Å²) in [6, 6.07) is 13.7. The molecule has 19 heavy (non-hydrogen) atoms. The summed E-state index contributed by atoms with van der Waals surface area (Å²) >= 11 is 0. The van der Waals surface area contributed by atoms with E-state index in [-0.39, 0.29) is 0 Å². The van der Waals surface area contributed by atoms with Crippen LogP contribution < -0.4 is 5.73 Å². The molecule has 0 bridgehead atoms. The molecule has 0 saturated heterocycles. The van der Waals surface area contributed by atoms with Crippen molar-refractivity contribution in [3.8, 4) is 0 Å². The van der Waals surface area contributed by atoms with E-state index in [1.54, 1.807) is 6.08 Å². The highest BCUT2D eigenvalue weighted by Crippen LogP contribution is 2.33. The zero-order chi connectivity index (χ0) is 13.5. The molecule has 1 aliphatic carbocycles. The van der Waals surface area contributed by atoms with E-state index in [0.29, 0.717) is 0 Å². The Morgan fingerprint density at radius 2 is 1.84 bits per heavy atom. The van der Waals surface area contributed by atoms with Gasteiger partial charge in [0.25, 0.3) is 0 Å². The van der Waals surface area contributed by atoms with Gasteiger partial charge in [-0.15, -0.1) is 0 Å². The van der Waals surface area contributed by atoms with Crippen LogP contribution in [0.5, 0.6) is 0 Å². The van der Waals surface area contributed by atoms with Gasteiger partial charge < -0.3 is 10.8 Å². The Morgan fingerprint density at radius 1 is 1.11 bits per heavy atom. The quantitative estimate of drug-likeness (QED) is 0.818. The Morgan fingerprint density at radius 3 is 2.63 bits per heavy atom. The van der Waals surface area contributed by atoms with Crippen LogP contribution in [0.4, 0.5) is 0 Å². The van der Waals surface area contributed by atoms with E-state index in [1.807, 2.05) is 55.5 Å². The third-order valence-corrected chi connectivity index (χ3v) is 3.89. The van der Waals surface area contributed by atoms with Crippen molar-refractivity contribution in [1.29, 1.82) is 0 Å². The van der Waals surface area contributed by atoms with E-state index in [1.165, 1.54) is 0 Å². The lowest BCUT2D eigenvalue weighted by Gasteiger charge is -2.34. The molecule has 3 N–H and O–H groups in total. The van der Waals surface area contributed by atoms with Gasteiger partial charge in [0.2, 0.25) is 0 Å². The molecule has 96 valence electrons. The molecule has 0 aromatic heterocycles. The molecule has 0 aliphatic heterocycles. The Kier molecular flexibility index (Phi) is 2.77.